The van der Waals surface area contributed by atoms with Gasteiger partial charge in [-0.25, -0.2) is 0 Å². The fourth-order valence-corrected chi connectivity index (χ4v) is 2.22. The van der Waals surface area contributed by atoms with Crippen molar-refractivity contribution in [1.82, 2.24) is 0 Å². The van der Waals surface area contributed by atoms with Crippen molar-refractivity contribution in [3.63, 3.8) is 0 Å². The molecule has 0 saturated heterocycles. The maximum absolute atomic E-state index is 11.3. The predicted molar refractivity (Wildman–Crippen MR) is 59.7 cm³/mol. The van der Waals surface area contributed by atoms with Gasteiger partial charge < -0.3 is 10.2 Å². The lowest BCUT2D eigenvalue weighted by molar-refractivity contribution is -0.140. The molecule has 0 aromatic rings. The van der Waals surface area contributed by atoms with Gasteiger partial charge in [-0.15, -0.1) is 0 Å². The highest BCUT2D eigenvalue weighted by Gasteiger charge is 2.46. The van der Waals surface area contributed by atoms with Crippen LogP contribution in [0.4, 0.5) is 0 Å². The Hall–Kier alpha value is -0.260. The maximum Gasteiger partial charge on any atom is 0.307 e. The second kappa shape index (κ2) is 4.55. The Labute approximate surface area is 110 Å². The first kappa shape index (κ1) is 13.8. The van der Waals surface area contributed by atoms with E-state index in [0.29, 0.717) is 0 Å². The number of hydrogen-bond donors (Lipinski definition) is 2. The molecule has 0 heterocycles. The van der Waals surface area contributed by atoms with Crippen molar-refractivity contribution in [3.8, 4) is 0 Å². The molecule has 0 radical (unpaired) electrons. The minimum atomic E-state index is -2.25. The summed E-state index contributed by atoms with van der Waals surface area (Å²) in [6, 6.07) is 0. The van der Waals surface area contributed by atoms with Crippen LogP contribution in [0.25, 0.3) is 0 Å². The van der Waals surface area contributed by atoms with Gasteiger partial charge in [0, 0.05) is 0 Å². The van der Waals surface area contributed by atoms with Gasteiger partial charge in [-0.05, 0) is 0 Å². The van der Waals surface area contributed by atoms with Gasteiger partial charge >= 0.3 is 5.97 Å². The van der Waals surface area contributed by atoms with E-state index < -0.39 is 43.9 Å². The summed E-state index contributed by atoms with van der Waals surface area (Å²) in [7, 11) is 0. The summed E-state index contributed by atoms with van der Waals surface area (Å²) in [5.74, 6) is -2.23. The molecule has 0 amide bonds. The zero-order valence-electron chi connectivity index (χ0n) is 7.43. The summed E-state index contributed by atoms with van der Waals surface area (Å²) in [5, 5.41) is 16.4. The normalized spacial score (nSPS) is 20.4. The largest absolute Gasteiger partial charge is 0.481 e. The summed E-state index contributed by atoms with van der Waals surface area (Å²) in [6.07, 6.45) is -0.843. The van der Waals surface area contributed by atoms with Crippen molar-refractivity contribution in [2.45, 2.75) is 12.0 Å². The number of aliphatic carboxylic acids is 1. The number of ketones is 1. The van der Waals surface area contributed by atoms with Crippen LogP contribution in [0.1, 0.15) is 6.42 Å². The molecule has 0 atom stereocenters. The van der Waals surface area contributed by atoms with Crippen LogP contribution in [0, 0.1) is 0 Å². The van der Waals surface area contributed by atoms with Crippen molar-refractivity contribution in [3.05, 3.63) is 20.1 Å². The lowest BCUT2D eigenvalue weighted by Gasteiger charge is -2.29. The Balaban J connectivity index is 3.37. The van der Waals surface area contributed by atoms with Crippen molar-refractivity contribution in [1.29, 1.82) is 0 Å². The van der Waals surface area contributed by atoms with E-state index in [4.69, 9.17) is 51.5 Å². The number of carbonyl (C=O) groups is 2. The summed E-state index contributed by atoms with van der Waals surface area (Å²) < 4.78 is 0. The molecule has 1 aliphatic carbocycles. The zero-order valence-corrected chi connectivity index (χ0v) is 10.5. The molecule has 1 aliphatic rings. The average Bonchev–Trinajstić information content (AvgIpc) is 2.21. The molecule has 0 bridgehead atoms. The fraction of sp³-hybridized carbons (Fsp3) is 0.250. The smallest absolute Gasteiger partial charge is 0.307 e. The minimum absolute atomic E-state index is 0.542. The van der Waals surface area contributed by atoms with E-state index in [-0.39, 0.29) is 0 Å². The Bertz CT molecular complexity index is 409. The molecule has 0 fully saturated rings. The average molecular weight is 306 g/mol. The summed E-state index contributed by atoms with van der Waals surface area (Å²) in [4.78, 5) is 21.9. The first-order valence-electron chi connectivity index (χ1n) is 3.82. The molecule has 0 unspecified atom stereocenters. The fourth-order valence-electron chi connectivity index (χ4n) is 1.13. The van der Waals surface area contributed by atoms with Gasteiger partial charge in [0.2, 0.25) is 5.78 Å². The van der Waals surface area contributed by atoms with Crippen molar-refractivity contribution in [2.75, 3.05) is 0 Å². The highest BCUT2D eigenvalue weighted by molar-refractivity contribution is 6.61. The second-order valence-corrected chi connectivity index (χ2v) is 4.53. The number of carbonyl (C=O) groups excluding carboxylic acids is 1. The number of Topliss-reactive ketones (excluding diaryl/α,β-unsaturated/α-hetero) is 1. The number of halogens is 4. The first-order chi connectivity index (χ1) is 7.21. The monoisotopic (exact) mass is 304 g/mol. The van der Waals surface area contributed by atoms with Crippen LogP contribution in [0.5, 0.6) is 0 Å². The SMILES string of the molecule is O=C(O)CC1(O)C(Cl)=C(Cl)C(=O)C(Cl)=C1Cl. The summed E-state index contributed by atoms with van der Waals surface area (Å²) in [5.41, 5.74) is -2.25. The molecule has 0 spiro atoms. The molecule has 4 nitrogen and oxygen atoms in total. The number of aliphatic hydroxyl groups is 1. The van der Waals surface area contributed by atoms with Gasteiger partial charge in [0.05, 0.1) is 16.5 Å². The van der Waals surface area contributed by atoms with Crippen molar-refractivity contribution >= 4 is 58.2 Å². The van der Waals surface area contributed by atoms with Crippen LogP contribution in [-0.4, -0.2) is 27.6 Å². The number of hydrogen-bond acceptors (Lipinski definition) is 3. The van der Waals surface area contributed by atoms with Gasteiger partial charge in [0.1, 0.15) is 15.7 Å². The Morgan fingerprint density at radius 1 is 1.12 bits per heavy atom. The number of carboxylic acid groups (broad SMARTS) is 1. The minimum Gasteiger partial charge on any atom is -0.481 e. The molecule has 1 rings (SSSR count). The second-order valence-electron chi connectivity index (χ2n) is 3.02. The lowest BCUT2D eigenvalue weighted by atomic mass is 9.93. The van der Waals surface area contributed by atoms with Gasteiger partial charge in [-0.1, -0.05) is 46.4 Å². The molecule has 2 N–H and O–H groups in total. The molecule has 0 aromatic heterocycles. The molecule has 0 aliphatic heterocycles. The van der Waals surface area contributed by atoms with E-state index in [1.165, 1.54) is 0 Å². The van der Waals surface area contributed by atoms with Crippen LogP contribution in [-0.2, 0) is 9.59 Å². The van der Waals surface area contributed by atoms with E-state index in [0.717, 1.165) is 0 Å². The van der Waals surface area contributed by atoms with Crippen molar-refractivity contribution in [2.24, 2.45) is 0 Å². The molecule has 16 heavy (non-hydrogen) atoms. The van der Waals surface area contributed by atoms with E-state index >= 15 is 0 Å². The van der Waals surface area contributed by atoms with Gasteiger partial charge in [-0.2, -0.15) is 0 Å². The van der Waals surface area contributed by atoms with E-state index in [2.05, 4.69) is 0 Å². The molecule has 8 heteroatoms. The Kier molecular flexibility index (Phi) is 3.92. The molecule has 0 saturated carbocycles. The van der Waals surface area contributed by atoms with Crippen LogP contribution in [0.3, 0.4) is 0 Å². The number of rotatable bonds is 2. The molecular weight excluding hydrogens is 302 g/mol. The van der Waals surface area contributed by atoms with Crippen LogP contribution in [0.2, 0.25) is 0 Å². The first-order valence-corrected chi connectivity index (χ1v) is 5.33. The number of allylic oxidation sites excluding steroid dienone is 2. The molecular formula is C8H4Cl4O4. The highest BCUT2D eigenvalue weighted by Crippen LogP contribution is 2.44. The number of carboxylic acids is 1. The van der Waals surface area contributed by atoms with E-state index in [1.807, 2.05) is 0 Å². The van der Waals surface area contributed by atoms with Gasteiger partial charge in [0.25, 0.3) is 0 Å². The predicted octanol–water partition coefficient (Wildman–Crippen LogP) is 2.15. The van der Waals surface area contributed by atoms with Crippen LogP contribution in [0.15, 0.2) is 20.1 Å². The van der Waals surface area contributed by atoms with Crippen molar-refractivity contribution < 1.29 is 19.8 Å². The highest BCUT2D eigenvalue weighted by atomic mass is 35.5. The Morgan fingerprint density at radius 2 is 1.50 bits per heavy atom. The Morgan fingerprint density at radius 3 is 1.81 bits per heavy atom. The quantitative estimate of drug-likeness (QED) is 0.820. The topological polar surface area (TPSA) is 74.6 Å². The third-order valence-electron chi connectivity index (χ3n) is 1.92. The van der Waals surface area contributed by atoms with Gasteiger partial charge in [0.15, 0.2) is 0 Å². The molecule has 0 aromatic carbocycles. The summed E-state index contributed by atoms with van der Waals surface area (Å²) >= 11 is 22.2. The lowest BCUT2D eigenvalue weighted by Crippen LogP contribution is -2.37. The zero-order chi connectivity index (χ0) is 12.7. The van der Waals surface area contributed by atoms with E-state index in [9.17, 15) is 14.7 Å². The van der Waals surface area contributed by atoms with E-state index in [1.54, 1.807) is 0 Å². The standard InChI is InChI=1S/C8H4Cl4O4/c9-3-5(15)4(10)7(12)8(16,6(3)11)1-2(13)14/h16H,1H2,(H,13,14). The third-order valence-corrected chi connectivity index (χ3v) is 3.84. The third kappa shape index (κ3) is 2.08. The van der Waals surface area contributed by atoms with Crippen LogP contribution >= 0.6 is 46.4 Å². The summed E-state index contributed by atoms with van der Waals surface area (Å²) in [6.45, 7) is 0. The molecule has 88 valence electrons. The van der Waals surface area contributed by atoms with Gasteiger partial charge in [-0.3, -0.25) is 9.59 Å². The van der Waals surface area contributed by atoms with Crippen LogP contribution < -0.4 is 0 Å². The maximum atomic E-state index is 11.3.